The summed E-state index contributed by atoms with van der Waals surface area (Å²) in [7, 11) is -1.79. The molecular formula is C12H22N2O4S. The maximum atomic E-state index is 12.3. The molecule has 1 saturated carbocycles. The van der Waals surface area contributed by atoms with Crippen molar-refractivity contribution in [2.24, 2.45) is 11.8 Å². The first-order valence-electron chi connectivity index (χ1n) is 6.85. The highest BCUT2D eigenvalue weighted by atomic mass is 32.2. The van der Waals surface area contributed by atoms with Gasteiger partial charge in [-0.2, -0.15) is 17.0 Å². The number of aliphatic carboxylic acids is 1. The third-order valence-corrected chi connectivity index (χ3v) is 6.22. The van der Waals surface area contributed by atoms with Crippen molar-refractivity contribution in [3.05, 3.63) is 0 Å². The van der Waals surface area contributed by atoms with E-state index in [-0.39, 0.29) is 0 Å². The number of rotatable bonds is 5. The average molecular weight is 290 g/mol. The van der Waals surface area contributed by atoms with Crippen LogP contribution in [0.3, 0.4) is 0 Å². The van der Waals surface area contributed by atoms with Crippen molar-refractivity contribution in [2.75, 3.05) is 26.7 Å². The van der Waals surface area contributed by atoms with Gasteiger partial charge in [0.15, 0.2) is 0 Å². The molecule has 6 nitrogen and oxygen atoms in total. The minimum atomic E-state index is -3.41. The van der Waals surface area contributed by atoms with Gasteiger partial charge < -0.3 is 5.11 Å². The molecule has 0 aromatic rings. The lowest BCUT2D eigenvalue weighted by molar-refractivity contribution is -0.142. The maximum absolute atomic E-state index is 12.3. The summed E-state index contributed by atoms with van der Waals surface area (Å²) in [4.78, 5) is 10.9. The van der Waals surface area contributed by atoms with Crippen molar-refractivity contribution >= 4 is 16.2 Å². The Morgan fingerprint density at radius 3 is 2.26 bits per heavy atom. The van der Waals surface area contributed by atoms with Gasteiger partial charge in [0.2, 0.25) is 0 Å². The number of carboxylic acids is 1. The lowest BCUT2D eigenvalue weighted by Crippen LogP contribution is -2.48. The van der Waals surface area contributed by atoms with Crippen LogP contribution < -0.4 is 0 Å². The van der Waals surface area contributed by atoms with Crippen LogP contribution in [-0.4, -0.2) is 54.8 Å². The van der Waals surface area contributed by atoms with Gasteiger partial charge in [-0.15, -0.1) is 0 Å². The Balaban J connectivity index is 1.90. The number of hydrogen-bond donors (Lipinski definition) is 1. The molecule has 110 valence electrons. The fraction of sp³-hybridized carbons (Fsp3) is 0.917. The molecule has 0 aromatic heterocycles. The van der Waals surface area contributed by atoms with E-state index in [1.54, 1.807) is 7.05 Å². The summed E-state index contributed by atoms with van der Waals surface area (Å²) >= 11 is 0. The van der Waals surface area contributed by atoms with Crippen LogP contribution >= 0.6 is 0 Å². The lowest BCUT2D eigenvalue weighted by Gasteiger charge is -2.35. The van der Waals surface area contributed by atoms with Crippen molar-refractivity contribution in [3.8, 4) is 0 Å². The van der Waals surface area contributed by atoms with Gasteiger partial charge in [-0.3, -0.25) is 4.79 Å². The number of carboxylic acid groups (broad SMARTS) is 1. The van der Waals surface area contributed by atoms with E-state index in [0.717, 1.165) is 12.8 Å². The Bertz CT molecular complexity index is 425. The van der Waals surface area contributed by atoms with Crippen molar-refractivity contribution in [1.82, 2.24) is 8.61 Å². The van der Waals surface area contributed by atoms with Crippen molar-refractivity contribution in [2.45, 2.75) is 32.1 Å². The summed E-state index contributed by atoms with van der Waals surface area (Å²) in [5.74, 6) is -0.723. The van der Waals surface area contributed by atoms with E-state index >= 15 is 0 Å². The monoisotopic (exact) mass is 290 g/mol. The highest BCUT2D eigenvalue weighted by Crippen LogP contribution is 2.28. The Labute approximate surface area is 114 Å². The molecule has 2 aliphatic rings. The highest BCUT2D eigenvalue weighted by molar-refractivity contribution is 7.86. The minimum Gasteiger partial charge on any atom is -0.481 e. The molecule has 0 amide bonds. The molecule has 0 spiro atoms. The molecule has 1 heterocycles. The van der Waals surface area contributed by atoms with E-state index < -0.39 is 22.1 Å². The van der Waals surface area contributed by atoms with Crippen LogP contribution in [0.1, 0.15) is 32.1 Å². The molecule has 0 aromatic carbocycles. The molecule has 1 saturated heterocycles. The SMILES string of the molecule is CN(CC1CCC1)S(=O)(=O)N1CCC(C(=O)O)CC1. The number of hydrogen-bond acceptors (Lipinski definition) is 3. The summed E-state index contributed by atoms with van der Waals surface area (Å²) in [5.41, 5.74) is 0. The molecule has 0 atom stereocenters. The van der Waals surface area contributed by atoms with Crippen molar-refractivity contribution in [1.29, 1.82) is 0 Å². The zero-order chi connectivity index (χ0) is 14.0. The normalized spacial score (nSPS) is 23.5. The summed E-state index contributed by atoms with van der Waals surface area (Å²) in [6, 6.07) is 0. The molecule has 0 unspecified atom stereocenters. The molecule has 2 fully saturated rings. The lowest BCUT2D eigenvalue weighted by atomic mass is 9.86. The first-order chi connectivity index (χ1) is 8.91. The molecule has 1 aliphatic heterocycles. The Kier molecular flexibility index (Phi) is 4.47. The third kappa shape index (κ3) is 3.27. The van der Waals surface area contributed by atoms with Crippen LogP contribution in [0.2, 0.25) is 0 Å². The standard InChI is InChI=1S/C12H22N2O4S/c1-13(9-10-3-2-4-10)19(17,18)14-7-5-11(6-8-14)12(15)16/h10-11H,2-9H2,1H3,(H,15,16). The minimum absolute atomic E-state index is 0.314. The van der Waals surface area contributed by atoms with Crippen LogP contribution in [0.5, 0.6) is 0 Å². The Hall–Kier alpha value is -0.660. The topological polar surface area (TPSA) is 77.9 Å². The number of carbonyl (C=O) groups is 1. The predicted molar refractivity (Wildman–Crippen MR) is 70.8 cm³/mol. The zero-order valence-corrected chi connectivity index (χ0v) is 12.1. The fourth-order valence-corrected chi connectivity index (χ4v) is 4.13. The Morgan fingerprint density at radius 1 is 1.26 bits per heavy atom. The maximum Gasteiger partial charge on any atom is 0.306 e. The molecular weight excluding hydrogens is 268 g/mol. The van der Waals surface area contributed by atoms with Crippen molar-refractivity contribution in [3.63, 3.8) is 0 Å². The van der Waals surface area contributed by atoms with Crippen LogP contribution in [0, 0.1) is 11.8 Å². The van der Waals surface area contributed by atoms with Gasteiger partial charge in [0.1, 0.15) is 0 Å². The van der Waals surface area contributed by atoms with Crippen LogP contribution in [0.15, 0.2) is 0 Å². The fourth-order valence-electron chi connectivity index (χ4n) is 2.66. The van der Waals surface area contributed by atoms with Crippen LogP contribution in [-0.2, 0) is 15.0 Å². The second-order valence-electron chi connectivity index (χ2n) is 5.60. The van der Waals surface area contributed by atoms with Gasteiger partial charge >= 0.3 is 5.97 Å². The third-order valence-electron chi connectivity index (χ3n) is 4.26. The Morgan fingerprint density at radius 2 is 1.84 bits per heavy atom. The number of nitrogens with zero attached hydrogens (tertiary/aromatic N) is 2. The van der Waals surface area contributed by atoms with E-state index in [1.807, 2.05) is 0 Å². The highest BCUT2D eigenvalue weighted by Gasteiger charge is 2.34. The predicted octanol–water partition coefficient (Wildman–Crippen LogP) is 0.760. The van der Waals surface area contributed by atoms with Gasteiger partial charge in [0.25, 0.3) is 10.2 Å². The van der Waals surface area contributed by atoms with Crippen LogP contribution in [0.25, 0.3) is 0 Å². The molecule has 19 heavy (non-hydrogen) atoms. The van der Waals surface area contributed by atoms with Gasteiger partial charge in [0, 0.05) is 26.7 Å². The smallest absolute Gasteiger partial charge is 0.306 e. The number of piperidine rings is 1. The van der Waals surface area contributed by atoms with E-state index in [0.29, 0.717) is 38.4 Å². The molecule has 1 N–H and O–H groups in total. The van der Waals surface area contributed by atoms with Gasteiger partial charge in [-0.05, 0) is 31.6 Å². The van der Waals surface area contributed by atoms with E-state index in [4.69, 9.17) is 5.11 Å². The van der Waals surface area contributed by atoms with Crippen molar-refractivity contribution < 1.29 is 18.3 Å². The summed E-state index contributed by atoms with van der Waals surface area (Å²) in [5, 5.41) is 8.92. The molecule has 1 aliphatic carbocycles. The van der Waals surface area contributed by atoms with Gasteiger partial charge in [-0.1, -0.05) is 6.42 Å². The summed E-state index contributed by atoms with van der Waals surface area (Å²) < 4.78 is 27.5. The van der Waals surface area contributed by atoms with Gasteiger partial charge in [-0.25, -0.2) is 0 Å². The van der Waals surface area contributed by atoms with Crippen LogP contribution in [0.4, 0.5) is 0 Å². The van der Waals surface area contributed by atoms with E-state index in [1.165, 1.54) is 15.0 Å². The van der Waals surface area contributed by atoms with E-state index in [9.17, 15) is 13.2 Å². The summed E-state index contributed by atoms with van der Waals surface area (Å²) in [6.07, 6.45) is 4.24. The first kappa shape index (κ1) is 14.7. The molecule has 7 heteroatoms. The molecule has 0 bridgehead atoms. The molecule has 0 radical (unpaired) electrons. The quantitative estimate of drug-likeness (QED) is 0.811. The first-order valence-corrected chi connectivity index (χ1v) is 8.25. The second kappa shape index (κ2) is 5.76. The average Bonchev–Trinajstić information content (AvgIpc) is 2.33. The summed E-state index contributed by atoms with van der Waals surface area (Å²) in [6.45, 7) is 1.21. The second-order valence-corrected chi connectivity index (χ2v) is 7.63. The van der Waals surface area contributed by atoms with E-state index in [2.05, 4.69) is 0 Å². The van der Waals surface area contributed by atoms with Gasteiger partial charge in [0.05, 0.1) is 5.92 Å². The largest absolute Gasteiger partial charge is 0.481 e. The zero-order valence-electron chi connectivity index (χ0n) is 11.3. The molecule has 2 rings (SSSR count).